The van der Waals surface area contributed by atoms with Gasteiger partial charge in [0.15, 0.2) is 12.1 Å². The second-order valence-electron chi connectivity index (χ2n) is 5.06. The van der Waals surface area contributed by atoms with Gasteiger partial charge in [-0.3, -0.25) is 4.79 Å². The summed E-state index contributed by atoms with van der Waals surface area (Å²) in [6, 6.07) is 7.70. The minimum atomic E-state index is -0.309. The number of thioether (sulfide) groups is 1. The Kier molecular flexibility index (Phi) is 3.38. The van der Waals surface area contributed by atoms with E-state index in [-0.39, 0.29) is 11.2 Å². The fourth-order valence-electron chi connectivity index (χ4n) is 2.34. The van der Waals surface area contributed by atoms with Crippen molar-refractivity contribution in [2.75, 3.05) is 5.32 Å². The maximum absolute atomic E-state index is 12.2. The molecule has 0 spiro atoms. The summed E-state index contributed by atoms with van der Waals surface area (Å²) in [5, 5.41) is 6.49. The summed E-state index contributed by atoms with van der Waals surface area (Å²) >= 11 is 1.50. The van der Waals surface area contributed by atoms with Crippen LogP contribution in [0.2, 0.25) is 0 Å². The van der Waals surface area contributed by atoms with Gasteiger partial charge in [-0.2, -0.15) is 4.98 Å². The topological polar surface area (TPSA) is 94.0 Å². The Morgan fingerprint density at radius 2 is 2.22 bits per heavy atom. The average Bonchev–Trinajstić information content (AvgIpc) is 3.16. The van der Waals surface area contributed by atoms with Crippen molar-refractivity contribution in [2.45, 2.75) is 23.5 Å². The number of para-hydroxylation sites is 1. The summed E-state index contributed by atoms with van der Waals surface area (Å²) in [4.78, 5) is 21.6. The van der Waals surface area contributed by atoms with E-state index in [2.05, 4.69) is 20.4 Å². The van der Waals surface area contributed by atoms with E-state index in [1.54, 1.807) is 6.92 Å². The van der Waals surface area contributed by atoms with E-state index in [0.29, 0.717) is 29.6 Å². The van der Waals surface area contributed by atoms with Gasteiger partial charge in [-0.15, -0.1) is 11.8 Å². The molecule has 0 bridgehead atoms. The SMILES string of the molecule is Cc1ocnc1-c1noc(CC2Sc3ccccc3NC2=O)n1. The third-order valence-corrected chi connectivity index (χ3v) is 4.77. The maximum atomic E-state index is 12.2. The molecule has 2 aromatic heterocycles. The molecular weight excluding hydrogens is 316 g/mol. The number of amides is 1. The molecule has 7 nitrogen and oxygen atoms in total. The van der Waals surface area contributed by atoms with Gasteiger partial charge < -0.3 is 14.3 Å². The van der Waals surface area contributed by atoms with Crippen LogP contribution >= 0.6 is 11.8 Å². The van der Waals surface area contributed by atoms with E-state index in [4.69, 9.17) is 8.94 Å². The highest BCUT2D eigenvalue weighted by atomic mass is 32.2. The predicted octanol–water partition coefficient (Wildman–Crippen LogP) is 2.69. The summed E-state index contributed by atoms with van der Waals surface area (Å²) in [6.45, 7) is 1.78. The zero-order valence-corrected chi connectivity index (χ0v) is 13.0. The molecule has 1 aromatic carbocycles. The van der Waals surface area contributed by atoms with Crippen LogP contribution in [0.1, 0.15) is 11.7 Å². The molecule has 1 aliphatic rings. The zero-order valence-electron chi connectivity index (χ0n) is 12.1. The summed E-state index contributed by atoms with van der Waals surface area (Å²) in [6.07, 6.45) is 1.69. The summed E-state index contributed by atoms with van der Waals surface area (Å²) in [5.74, 6) is 1.32. The quantitative estimate of drug-likeness (QED) is 0.790. The minimum absolute atomic E-state index is 0.0638. The largest absolute Gasteiger partial charge is 0.448 e. The van der Waals surface area contributed by atoms with Gasteiger partial charge >= 0.3 is 0 Å². The van der Waals surface area contributed by atoms with Crippen molar-refractivity contribution in [3.8, 4) is 11.5 Å². The van der Waals surface area contributed by atoms with Crippen molar-refractivity contribution in [1.82, 2.24) is 15.1 Å². The molecule has 0 aliphatic carbocycles. The molecule has 0 saturated carbocycles. The molecule has 3 aromatic rings. The predicted molar refractivity (Wildman–Crippen MR) is 83.0 cm³/mol. The standard InChI is InChI=1S/C15H12N4O3S/c1-8-13(16-7-21-8)14-18-12(22-19-14)6-11-15(20)17-9-4-2-3-5-10(9)23-11/h2-5,7,11H,6H2,1H3,(H,17,20). The number of carbonyl (C=O) groups is 1. The molecular formula is C15H12N4O3S. The van der Waals surface area contributed by atoms with Crippen LogP contribution in [0, 0.1) is 6.92 Å². The Morgan fingerprint density at radius 3 is 3.04 bits per heavy atom. The number of aryl methyl sites for hydroxylation is 1. The maximum Gasteiger partial charge on any atom is 0.238 e. The second kappa shape index (κ2) is 5.54. The first kappa shape index (κ1) is 14.0. The monoisotopic (exact) mass is 328 g/mol. The molecule has 116 valence electrons. The second-order valence-corrected chi connectivity index (χ2v) is 6.31. The average molecular weight is 328 g/mol. The van der Waals surface area contributed by atoms with Gasteiger partial charge in [0.25, 0.3) is 0 Å². The molecule has 0 fully saturated rings. The van der Waals surface area contributed by atoms with Crippen LogP contribution in [-0.2, 0) is 11.2 Å². The lowest BCUT2D eigenvalue weighted by atomic mass is 10.2. The lowest BCUT2D eigenvalue weighted by Gasteiger charge is -2.22. The first-order valence-electron chi connectivity index (χ1n) is 7.00. The van der Waals surface area contributed by atoms with Gasteiger partial charge in [0.05, 0.1) is 10.9 Å². The van der Waals surface area contributed by atoms with Crippen LogP contribution in [0.15, 0.2) is 44.5 Å². The van der Waals surface area contributed by atoms with Crippen LogP contribution in [-0.4, -0.2) is 26.3 Å². The van der Waals surface area contributed by atoms with Gasteiger partial charge in [-0.25, -0.2) is 4.98 Å². The van der Waals surface area contributed by atoms with E-state index in [9.17, 15) is 4.79 Å². The molecule has 1 atom stereocenters. The lowest BCUT2D eigenvalue weighted by Crippen LogP contribution is -2.30. The number of nitrogens with one attached hydrogen (secondary N) is 1. The van der Waals surface area contributed by atoms with Gasteiger partial charge in [0, 0.05) is 11.3 Å². The van der Waals surface area contributed by atoms with E-state index in [1.165, 1.54) is 18.2 Å². The third-order valence-electron chi connectivity index (χ3n) is 3.49. The van der Waals surface area contributed by atoms with Crippen molar-refractivity contribution < 1.29 is 13.7 Å². The highest BCUT2D eigenvalue weighted by Gasteiger charge is 2.29. The molecule has 1 unspecified atom stereocenters. The van der Waals surface area contributed by atoms with Crippen molar-refractivity contribution in [3.05, 3.63) is 42.3 Å². The summed E-state index contributed by atoms with van der Waals surface area (Å²) in [7, 11) is 0. The molecule has 1 amide bonds. The third kappa shape index (κ3) is 2.61. The van der Waals surface area contributed by atoms with Crippen LogP contribution in [0.25, 0.3) is 11.5 Å². The molecule has 8 heteroatoms. The first-order valence-corrected chi connectivity index (χ1v) is 7.88. The van der Waals surface area contributed by atoms with Crippen LogP contribution in [0.4, 0.5) is 5.69 Å². The van der Waals surface area contributed by atoms with E-state index in [0.717, 1.165) is 10.6 Å². The minimum Gasteiger partial charge on any atom is -0.448 e. The first-order chi connectivity index (χ1) is 11.2. The molecule has 1 aliphatic heterocycles. The van der Waals surface area contributed by atoms with Gasteiger partial charge in [-0.05, 0) is 19.1 Å². The van der Waals surface area contributed by atoms with Crippen LogP contribution < -0.4 is 5.32 Å². The number of hydrogen-bond donors (Lipinski definition) is 1. The fourth-order valence-corrected chi connectivity index (χ4v) is 3.44. The van der Waals surface area contributed by atoms with Crippen molar-refractivity contribution in [3.63, 3.8) is 0 Å². The summed E-state index contributed by atoms with van der Waals surface area (Å²) in [5.41, 5.74) is 1.38. The van der Waals surface area contributed by atoms with Crippen molar-refractivity contribution in [1.29, 1.82) is 0 Å². The van der Waals surface area contributed by atoms with Gasteiger partial charge in [0.2, 0.25) is 17.6 Å². The number of carbonyl (C=O) groups excluding carboxylic acids is 1. The highest BCUT2D eigenvalue weighted by molar-refractivity contribution is 8.01. The molecule has 1 N–H and O–H groups in total. The van der Waals surface area contributed by atoms with E-state index in [1.807, 2.05) is 24.3 Å². The Labute approximate surface area is 135 Å². The number of benzene rings is 1. The molecule has 3 heterocycles. The van der Waals surface area contributed by atoms with Crippen molar-refractivity contribution in [2.24, 2.45) is 0 Å². The molecule has 0 radical (unpaired) electrons. The number of fused-ring (bicyclic) bond motifs is 1. The van der Waals surface area contributed by atoms with Crippen LogP contribution in [0.3, 0.4) is 0 Å². The Balaban J connectivity index is 1.54. The number of rotatable bonds is 3. The van der Waals surface area contributed by atoms with Crippen molar-refractivity contribution >= 4 is 23.4 Å². The van der Waals surface area contributed by atoms with E-state index < -0.39 is 0 Å². The van der Waals surface area contributed by atoms with E-state index >= 15 is 0 Å². The molecule has 4 rings (SSSR count). The normalized spacial score (nSPS) is 16.9. The number of aromatic nitrogens is 3. The van der Waals surface area contributed by atoms with Gasteiger partial charge in [0.1, 0.15) is 5.76 Å². The zero-order chi connectivity index (χ0) is 15.8. The summed E-state index contributed by atoms with van der Waals surface area (Å²) < 4.78 is 10.4. The molecule has 23 heavy (non-hydrogen) atoms. The number of nitrogens with zero attached hydrogens (tertiary/aromatic N) is 3. The Bertz CT molecular complexity index is 873. The molecule has 0 saturated heterocycles. The lowest BCUT2D eigenvalue weighted by molar-refractivity contribution is -0.115. The number of oxazole rings is 1. The number of hydrogen-bond acceptors (Lipinski definition) is 7. The fraction of sp³-hybridized carbons (Fsp3) is 0.200. The van der Waals surface area contributed by atoms with Gasteiger partial charge in [-0.1, -0.05) is 17.3 Å². The Hall–Kier alpha value is -2.61. The smallest absolute Gasteiger partial charge is 0.238 e. The highest BCUT2D eigenvalue weighted by Crippen LogP contribution is 2.36. The Morgan fingerprint density at radius 1 is 1.35 bits per heavy atom. The number of anilines is 1. The van der Waals surface area contributed by atoms with Crippen LogP contribution in [0.5, 0.6) is 0 Å².